The monoisotopic (exact) mass is 379 g/mol. The molecule has 2 heterocycles. The maximum absolute atomic E-state index is 13.3. The number of rotatable bonds is 2. The molecule has 0 radical (unpaired) electrons. The number of nitrogens with zero attached hydrogens (tertiary/aromatic N) is 4. The Hall–Kier alpha value is -3.12. The van der Waals surface area contributed by atoms with Gasteiger partial charge in [0.2, 0.25) is 5.90 Å². The third kappa shape index (κ3) is 3.45. The predicted molar refractivity (Wildman–Crippen MR) is 72.0 cm³/mol. The van der Waals surface area contributed by atoms with E-state index in [0.717, 1.165) is 12.1 Å². The average Bonchev–Trinajstić information content (AvgIpc) is 3.04. The zero-order valence-corrected chi connectivity index (χ0v) is 12.4. The number of hydrogen-bond donors (Lipinski definition) is 1. The molecule has 0 saturated heterocycles. The van der Waals surface area contributed by atoms with E-state index in [1.165, 1.54) is 0 Å². The molecule has 138 valence electrons. The maximum Gasteiger partial charge on any atom is 0.453 e. The highest BCUT2D eigenvalue weighted by atomic mass is 19.4. The molecule has 1 aliphatic rings. The van der Waals surface area contributed by atoms with Gasteiger partial charge in [0.1, 0.15) is 6.33 Å². The zero-order valence-electron chi connectivity index (χ0n) is 12.4. The zero-order chi connectivity index (χ0) is 19.1. The Labute approximate surface area is 140 Å². The summed E-state index contributed by atoms with van der Waals surface area (Å²) in [6, 6.07) is 2.66. The first-order valence-corrected chi connectivity index (χ1v) is 6.76. The van der Waals surface area contributed by atoms with E-state index < -0.39 is 41.9 Å². The van der Waals surface area contributed by atoms with E-state index in [4.69, 9.17) is 4.74 Å². The van der Waals surface area contributed by atoms with E-state index in [2.05, 4.69) is 15.2 Å². The molecule has 7 nitrogen and oxygen atoms in total. The lowest BCUT2D eigenvalue weighted by molar-refractivity contribution is -0.144. The van der Waals surface area contributed by atoms with Crippen LogP contribution < -0.4 is 5.43 Å². The summed E-state index contributed by atoms with van der Waals surface area (Å²) in [5, 5.41) is 6.53. The molecule has 1 aromatic heterocycles. The smallest absolute Gasteiger partial charge is 0.453 e. The van der Waals surface area contributed by atoms with Crippen molar-refractivity contribution < 1.29 is 35.9 Å². The Bertz CT molecular complexity index is 886. The van der Waals surface area contributed by atoms with Gasteiger partial charge in [0.25, 0.3) is 11.7 Å². The van der Waals surface area contributed by atoms with Crippen molar-refractivity contribution in [1.29, 1.82) is 0 Å². The minimum Gasteiger partial charge on any atom is -0.466 e. The maximum atomic E-state index is 13.3. The summed E-state index contributed by atoms with van der Waals surface area (Å²) in [7, 11) is 0. The lowest BCUT2D eigenvalue weighted by Gasteiger charge is -2.17. The number of ether oxygens (including phenoxy) is 1. The highest BCUT2D eigenvalue weighted by Crippen LogP contribution is 2.35. The lowest BCUT2D eigenvalue weighted by Crippen LogP contribution is -2.32. The molecule has 0 bridgehead atoms. The van der Waals surface area contributed by atoms with E-state index in [0.29, 0.717) is 17.1 Å². The first kappa shape index (κ1) is 17.7. The predicted octanol–water partition coefficient (Wildman–Crippen LogP) is 2.11. The van der Waals surface area contributed by atoms with Crippen molar-refractivity contribution in [2.75, 3.05) is 6.61 Å². The van der Waals surface area contributed by atoms with Crippen molar-refractivity contribution in [3.8, 4) is 5.69 Å². The van der Waals surface area contributed by atoms with Crippen LogP contribution in [0, 0.1) is 0 Å². The standard InChI is InChI=1S/C13H7F6N5O2/c14-12(15,16)7-3-6(10-22-21-9(25)4-26-10)1-2-8(7)24-5-20-11(23-24)13(17,18)19/h1-3,5H,4H2,(H,21,25). The van der Waals surface area contributed by atoms with Crippen molar-refractivity contribution in [3.05, 3.63) is 41.5 Å². The topological polar surface area (TPSA) is 81.4 Å². The van der Waals surface area contributed by atoms with Gasteiger partial charge in [-0.05, 0) is 18.2 Å². The molecule has 0 unspecified atom stereocenters. The summed E-state index contributed by atoms with van der Waals surface area (Å²) in [6.45, 7) is -0.431. The van der Waals surface area contributed by atoms with Crippen LogP contribution in [0.3, 0.4) is 0 Å². The number of alkyl halides is 6. The second kappa shape index (κ2) is 6.00. The minimum absolute atomic E-state index is 0.128. The van der Waals surface area contributed by atoms with Gasteiger partial charge in [0, 0.05) is 5.56 Å². The van der Waals surface area contributed by atoms with Crippen LogP contribution in [0.5, 0.6) is 0 Å². The van der Waals surface area contributed by atoms with Crippen LogP contribution in [0.2, 0.25) is 0 Å². The van der Waals surface area contributed by atoms with Crippen LogP contribution >= 0.6 is 0 Å². The Morgan fingerprint density at radius 3 is 2.38 bits per heavy atom. The Morgan fingerprint density at radius 2 is 1.85 bits per heavy atom. The van der Waals surface area contributed by atoms with Crippen LogP contribution in [-0.2, 0) is 21.9 Å². The highest BCUT2D eigenvalue weighted by molar-refractivity contribution is 5.98. The molecular weight excluding hydrogens is 372 g/mol. The summed E-state index contributed by atoms with van der Waals surface area (Å²) in [6.07, 6.45) is -9.28. The summed E-state index contributed by atoms with van der Waals surface area (Å²) in [5.41, 5.74) is -0.0253. The molecule has 0 aliphatic carbocycles. The summed E-state index contributed by atoms with van der Waals surface area (Å²) < 4.78 is 83.0. The van der Waals surface area contributed by atoms with Gasteiger partial charge in [-0.25, -0.2) is 15.1 Å². The van der Waals surface area contributed by atoms with E-state index in [9.17, 15) is 31.1 Å². The largest absolute Gasteiger partial charge is 0.466 e. The molecule has 13 heteroatoms. The van der Waals surface area contributed by atoms with Crippen LogP contribution in [-0.4, -0.2) is 33.2 Å². The normalized spacial score (nSPS) is 15.3. The number of aromatic nitrogens is 3. The van der Waals surface area contributed by atoms with Gasteiger partial charge in [-0.2, -0.15) is 26.3 Å². The molecule has 0 atom stereocenters. The molecule has 0 spiro atoms. The van der Waals surface area contributed by atoms with Gasteiger partial charge >= 0.3 is 12.4 Å². The van der Waals surface area contributed by atoms with E-state index in [-0.39, 0.29) is 11.5 Å². The minimum atomic E-state index is -4.91. The number of hydrazone groups is 1. The first-order valence-electron chi connectivity index (χ1n) is 6.76. The second-order valence-corrected chi connectivity index (χ2v) is 4.98. The number of benzene rings is 1. The molecule has 1 aromatic carbocycles. The lowest BCUT2D eigenvalue weighted by atomic mass is 10.1. The van der Waals surface area contributed by atoms with Gasteiger partial charge < -0.3 is 4.74 Å². The van der Waals surface area contributed by atoms with Gasteiger partial charge in [0.15, 0.2) is 6.61 Å². The van der Waals surface area contributed by atoms with Gasteiger partial charge in [-0.15, -0.1) is 10.2 Å². The summed E-state index contributed by atoms with van der Waals surface area (Å²) in [4.78, 5) is 13.9. The highest BCUT2D eigenvalue weighted by Gasteiger charge is 2.38. The van der Waals surface area contributed by atoms with Gasteiger partial charge in [-0.1, -0.05) is 0 Å². The molecule has 2 aromatic rings. The number of amides is 1. The van der Waals surface area contributed by atoms with Crippen LogP contribution in [0.4, 0.5) is 26.3 Å². The fourth-order valence-corrected chi connectivity index (χ4v) is 2.06. The van der Waals surface area contributed by atoms with Crippen LogP contribution in [0.15, 0.2) is 29.6 Å². The average molecular weight is 379 g/mol. The van der Waals surface area contributed by atoms with Gasteiger partial charge in [0.05, 0.1) is 11.3 Å². The molecule has 3 rings (SSSR count). The van der Waals surface area contributed by atoms with Crippen LogP contribution in [0.25, 0.3) is 5.69 Å². The van der Waals surface area contributed by atoms with Crippen molar-refractivity contribution in [2.24, 2.45) is 5.10 Å². The Morgan fingerprint density at radius 1 is 1.12 bits per heavy atom. The molecule has 0 saturated carbocycles. The summed E-state index contributed by atoms with van der Waals surface area (Å²) >= 11 is 0. The van der Waals surface area contributed by atoms with Crippen molar-refractivity contribution >= 4 is 11.8 Å². The Kier molecular flexibility index (Phi) is 4.08. The number of halogens is 6. The SMILES string of the molecule is O=C1COC(c2ccc(-n3cnc(C(F)(F)F)n3)c(C(F)(F)F)c2)=NN1. The van der Waals surface area contributed by atoms with Crippen LogP contribution in [0.1, 0.15) is 17.0 Å². The molecular formula is C13H7F6N5O2. The summed E-state index contributed by atoms with van der Waals surface area (Å²) in [5.74, 6) is -2.42. The molecule has 1 amide bonds. The second-order valence-electron chi connectivity index (χ2n) is 4.98. The van der Waals surface area contributed by atoms with Crippen molar-refractivity contribution in [1.82, 2.24) is 20.2 Å². The molecule has 1 aliphatic heterocycles. The fraction of sp³-hybridized carbons (Fsp3) is 0.231. The number of carbonyl (C=O) groups is 1. The van der Waals surface area contributed by atoms with Gasteiger partial charge in [-0.3, -0.25) is 4.79 Å². The number of nitrogens with one attached hydrogen (secondary N) is 1. The number of hydrogen-bond acceptors (Lipinski definition) is 5. The van der Waals surface area contributed by atoms with E-state index >= 15 is 0 Å². The quantitative estimate of drug-likeness (QED) is 0.811. The Balaban J connectivity index is 2.06. The first-order chi connectivity index (χ1) is 12.1. The third-order valence-corrected chi connectivity index (χ3v) is 3.16. The number of carbonyl (C=O) groups excluding carboxylic acids is 1. The van der Waals surface area contributed by atoms with Crippen molar-refractivity contribution in [3.63, 3.8) is 0 Å². The molecule has 0 fully saturated rings. The van der Waals surface area contributed by atoms with E-state index in [1.807, 2.05) is 5.43 Å². The molecule has 26 heavy (non-hydrogen) atoms. The van der Waals surface area contributed by atoms with Crippen molar-refractivity contribution in [2.45, 2.75) is 12.4 Å². The molecule has 1 N–H and O–H groups in total. The third-order valence-electron chi connectivity index (χ3n) is 3.16. The fourth-order valence-electron chi connectivity index (χ4n) is 2.06. The van der Waals surface area contributed by atoms with E-state index in [1.54, 1.807) is 0 Å².